The Bertz CT molecular complexity index is 1070. The molecule has 0 aliphatic heterocycles. The van der Waals surface area contributed by atoms with E-state index < -0.39 is 6.10 Å². The Labute approximate surface area is 378 Å². The second-order valence-corrected chi connectivity index (χ2v) is 17.5. The van der Waals surface area contributed by atoms with Crippen LogP contribution in [-0.4, -0.2) is 37.2 Å². The topological polar surface area (TPSA) is 78.9 Å². The molecule has 1 atom stereocenters. The van der Waals surface area contributed by atoms with Gasteiger partial charge in [-0.15, -0.1) is 0 Å². The molecule has 0 radical (unpaired) electrons. The number of hydrogen-bond acceptors (Lipinski definition) is 6. The molecule has 61 heavy (non-hydrogen) atoms. The SMILES string of the molecule is CCCC/C=C\CCCCCCC(=O)OCC(COC(=O)CCCCCCC/C=C\C=C/CCCCCCCCC)OC(=O)CCCCCCCCC/C=C\CCCCCC. The van der Waals surface area contributed by atoms with Crippen LogP contribution < -0.4 is 0 Å². The maximum Gasteiger partial charge on any atom is 0.306 e. The minimum Gasteiger partial charge on any atom is -0.462 e. The van der Waals surface area contributed by atoms with E-state index in [0.29, 0.717) is 19.3 Å². The first kappa shape index (κ1) is 58.4. The average Bonchev–Trinajstić information content (AvgIpc) is 3.26. The summed E-state index contributed by atoms with van der Waals surface area (Å²) in [5, 5.41) is 0. The average molecular weight is 855 g/mol. The van der Waals surface area contributed by atoms with E-state index in [2.05, 4.69) is 69.4 Å². The third-order valence-corrected chi connectivity index (χ3v) is 11.3. The number of rotatable bonds is 47. The van der Waals surface area contributed by atoms with Gasteiger partial charge in [-0.3, -0.25) is 14.4 Å². The molecule has 0 spiro atoms. The van der Waals surface area contributed by atoms with Crippen molar-refractivity contribution in [2.24, 2.45) is 0 Å². The number of esters is 3. The van der Waals surface area contributed by atoms with E-state index in [4.69, 9.17) is 14.2 Å². The van der Waals surface area contributed by atoms with E-state index in [1.165, 1.54) is 128 Å². The number of hydrogen-bond donors (Lipinski definition) is 0. The lowest BCUT2D eigenvalue weighted by Crippen LogP contribution is -2.30. The molecule has 0 aromatic carbocycles. The zero-order chi connectivity index (χ0) is 44.4. The molecule has 0 N–H and O–H groups in total. The minimum atomic E-state index is -0.784. The summed E-state index contributed by atoms with van der Waals surface area (Å²) in [6.07, 6.45) is 59.5. The smallest absolute Gasteiger partial charge is 0.306 e. The van der Waals surface area contributed by atoms with Crippen LogP contribution in [0.3, 0.4) is 0 Å². The van der Waals surface area contributed by atoms with E-state index in [9.17, 15) is 14.4 Å². The van der Waals surface area contributed by atoms with E-state index in [1.807, 2.05) is 0 Å². The van der Waals surface area contributed by atoms with E-state index in [0.717, 1.165) is 96.3 Å². The zero-order valence-corrected chi connectivity index (χ0v) is 40.4. The molecule has 0 rings (SSSR count). The van der Waals surface area contributed by atoms with Crippen LogP contribution in [0.5, 0.6) is 0 Å². The normalized spacial score (nSPS) is 12.4. The lowest BCUT2D eigenvalue weighted by atomic mass is 10.1. The Balaban J connectivity index is 4.36. The highest BCUT2D eigenvalue weighted by Crippen LogP contribution is 2.14. The van der Waals surface area contributed by atoms with Crippen molar-refractivity contribution in [3.05, 3.63) is 48.6 Å². The van der Waals surface area contributed by atoms with Gasteiger partial charge in [-0.05, 0) is 89.9 Å². The molecular weight excluding hydrogens is 757 g/mol. The Morgan fingerprint density at radius 1 is 0.328 bits per heavy atom. The second kappa shape index (κ2) is 50.0. The Morgan fingerprint density at radius 3 is 0.984 bits per heavy atom. The molecular formula is C55H98O6. The lowest BCUT2D eigenvalue weighted by Gasteiger charge is -2.18. The first-order valence-electron chi connectivity index (χ1n) is 26.2. The van der Waals surface area contributed by atoms with E-state index in [1.54, 1.807) is 0 Å². The molecule has 1 unspecified atom stereocenters. The maximum absolute atomic E-state index is 12.8. The van der Waals surface area contributed by atoms with Crippen molar-refractivity contribution >= 4 is 17.9 Å². The van der Waals surface area contributed by atoms with Crippen molar-refractivity contribution in [1.82, 2.24) is 0 Å². The summed E-state index contributed by atoms with van der Waals surface area (Å²) in [6, 6.07) is 0. The Hall–Kier alpha value is -2.63. The van der Waals surface area contributed by atoms with Gasteiger partial charge >= 0.3 is 17.9 Å². The van der Waals surface area contributed by atoms with Crippen LogP contribution >= 0.6 is 0 Å². The van der Waals surface area contributed by atoms with Crippen LogP contribution in [0, 0.1) is 0 Å². The van der Waals surface area contributed by atoms with Crippen molar-refractivity contribution in [3.8, 4) is 0 Å². The van der Waals surface area contributed by atoms with Gasteiger partial charge in [0, 0.05) is 19.3 Å². The van der Waals surface area contributed by atoms with Gasteiger partial charge in [0.1, 0.15) is 13.2 Å². The highest BCUT2D eigenvalue weighted by atomic mass is 16.6. The maximum atomic E-state index is 12.8. The molecule has 0 fully saturated rings. The van der Waals surface area contributed by atoms with Gasteiger partial charge in [0.2, 0.25) is 0 Å². The zero-order valence-electron chi connectivity index (χ0n) is 40.4. The fourth-order valence-electron chi connectivity index (χ4n) is 7.29. The molecule has 0 aromatic rings. The van der Waals surface area contributed by atoms with Crippen LogP contribution in [0.15, 0.2) is 48.6 Å². The molecule has 6 heteroatoms. The van der Waals surface area contributed by atoms with Gasteiger partial charge in [-0.25, -0.2) is 0 Å². The van der Waals surface area contributed by atoms with Crippen LogP contribution in [0.25, 0.3) is 0 Å². The van der Waals surface area contributed by atoms with Crippen LogP contribution in [0.4, 0.5) is 0 Å². The number of carbonyl (C=O) groups excluding carboxylic acids is 3. The fourth-order valence-corrected chi connectivity index (χ4v) is 7.29. The summed E-state index contributed by atoms with van der Waals surface area (Å²) in [7, 11) is 0. The molecule has 0 aliphatic rings. The van der Waals surface area contributed by atoms with Crippen LogP contribution in [0.1, 0.15) is 265 Å². The quantitative estimate of drug-likeness (QED) is 0.0199. The monoisotopic (exact) mass is 855 g/mol. The van der Waals surface area contributed by atoms with Crippen molar-refractivity contribution in [2.45, 2.75) is 271 Å². The van der Waals surface area contributed by atoms with Crippen molar-refractivity contribution in [1.29, 1.82) is 0 Å². The standard InChI is InChI=1S/C55H98O6/c1-4-7-10-13-16-19-22-24-26-27-28-30-31-33-36-39-42-45-48-54(57)60-51-52(50-59-53(56)47-44-41-38-35-21-18-15-12-9-6-3)61-55(58)49-46-43-40-37-34-32-29-25-23-20-17-14-11-8-5-2/h15,18,20,23,26-28,30,52H,4-14,16-17,19,21-22,24-25,29,31-51H2,1-3H3/b18-15-,23-20-,27-26-,30-28-. The fraction of sp³-hybridized carbons (Fsp3) is 0.800. The molecule has 0 heterocycles. The highest BCUT2D eigenvalue weighted by Gasteiger charge is 2.19. The number of allylic oxidation sites excluding steroid dienone is 8. The Morgan fingerprint density at radius 2 is 0.607 bits per heavy atom. The summed E-state index contributed by atoms with van der Waals surface area (Å²) in [5.74, 6) is -0.912. The number of ether oxygens (including phenoxy) is 3. The van der Waals surface area contributed by atoms with E-state index >= 15 is 0 Å². The third kappa shape index (κ3) is 48.3. The molecule has 0 saturated heterocycles. The molecule has 354 valence electrons. The van der Waals surface area contributed by atoms with Gasteiger partial charge in [-0.2, -0.15) is 0 Å². The minimum absolute atomic E-state index is 0.0854. The number of unbranched alkanes of at least 4 members (excludes halogenated alkanes) is 29. The number of carbonyl (C=O) groups is 3. The molecule has 0 saturated carbocycles. The van der Waals surface area contributed by atoms with Gasteiger partial charge in [0.15, 0.2) is 6.10 Å². The molecule has 0 aromatic heterocycles. The predicted octanol–water partition coefficient (Wildman–Crippen LogP) is 17.1. The Kier molecular flexibility index (Phi) is 47.9. The summed E-state index contributed by atoms with van der Waals surface area (Å²) in [5.41, 5.74) is 0. The summed E-state index contributed by atoms with van der Waals surface area (Å²) < 4.78 is 16.8. The lowest BCUT2D eigenvalue weighted by molar-refractivity contribution is -0.167. The molecule has 0 amide bonds. The molecule has 6 nitrogen and oxygen atoms in total. The largest absolute Gasteiger partial charge is 0.462 e. The van der Waals surface area contributed by atoms with E-state index in [-0.39, 0.29) is 31.1 Å². The van der Waals surface area contributed by atoms with Crippen LogP contribution in [-0.2, 0) is 28.6 Å². The second-order valence-electron chi connectivity index (χ2n) is 17.5. The molecule has 0 aliphatic carbocycles. The molecule has 0 bridgehead atoms. The third-order valence-electron chi connectivity index (χ3n) is 11.3. The van der Waals surface area contributed by atoms with Crippen LogP contribution in [0.2, 0.25) is 0 Å². The first-order valence-corrected chi connectivity index (χ1v) is 26.2. The predicted molar refractivity (Wildman–Crippen MR) is 261 cm³/mol. The van der Waals surface area contributed by atoms with Gasteiger partial charge in [-0.1, -0.05) is 204 Å². The van der Waals surface area contributed by atoms with Gasteiger partial charge in [0.25, 0.3) is 0 Å². The summed E-state index contributed by atoms with van der Waals surface area (Å²) in [6.45, 7) is 6.56. The summed E-state index contributed by atoms with van der Waals surface area (Å²) >= 11 is 0. The van der Waals surface area contributed by atoms with Gasteiger partial charge in [0.05, 0.1) is 0 Å². The summed E-state index contributed by atoms with van der Waals surface area (Å²) in [4.78, 5) is 37.9. The van der Waals surface area contributed by atoms with Crippen molar-refractivity contribution in [2.75, 3.05) is 13.2 Å². The van der Waals surface area contributed by atoms with Crippen molar-refractivity contribution < 1.29 is 28.6 Å². The van der Waals surface area contributed by atoms with Gasteiger partial charge < -0.3 is 14.2 Å². The van der Waals surface area contributed by atoms with Crippen molar-refractivity contribution in [3.63, 3.8) is 0 Å². The first-order chi connectivity index (χ1) is 30.0. The highest BCUT2D eigenvalue weighted by molar-refractivity contribution is 5.71.